The number of nitrogens with zero attached hydrogens (tertiary/aromatic N) is 2. The van der Waals surface area contributed by atoms with Gasteiger partial charge in [0.1, 0.15) is 18.4 Å². The second kappa shape index (κ2) is 12.7. The molecule has 0 heterocycles. The van der Waals surface area contributed by atoms with Gasteiger partial charge in [0.2, 0.25) is 11.8 Å². The summed E-state index contributed by atoms with van der Waals surface area (Å²) in [4.78, 5) is 28.0. The maximum atomic E-state index is 13.8. The summed E-state index contributed by atoms with van der Waals surface area (Å²) in [6, 6.07) is 18.7. The summed E-state index contributed by atoms with van der Waals surface area (Å²) in [7, 11) is -4.16. The highest BCUT2D eigenvalue weighted by molar-refractivity contribution is 7.92. The molecular weight excluding hydrogens is 517 g/mol. The average Bonchev–Trinajstić information content (AvgIpc) is 2.89. The molecular formula is C27H29ClFN3O4S. The van der Waals surface area contributed by atoms with Crippen LogP contribution in [0.5, 0.6) is 0 Å². The molecule has 0 unspecified atom stereocenters. The van der Waals surface area contributed by atoms with Gasteiger partial charge in [0.15, 0.2) is 0 Å². The molecule has 0 bridgehead atoms. The van der Waals surface area contributed by atoms with Gasteiger partial charge < -0.3 is 10.2 Å². The van der Waals surface area contributed by atoms with Gasteiger partial charge in [-0.2, -0.15) is 0 Å². The minimum Gasteiger partial charge on any atom is -0.355 e. The number of likely N-dealkylation sites (N-methyl/N-ethyl adjacent to an activating group) is 1. The summed E-state index contributed by atoms with van der Waals surface area (Å²) >= 11 is 5.95. The van der Waals surface area contributed by atoms with E-state index in [1.807, 2.05) is 0 Å². The van der Waals surface area contributed by atoms with Crippen LogP contribution in [0.4, 0.5) is 10.1 Å². The van der Waals surface area contributed by atoms with Gasteiger partial charge in [0, 0.05) is 18.1 Å². The van der Waals surface area contributed by atoms with Crippen molar-refractivity contribution in [2.45, 2.75) is 37.8 Å². The molecule has 0 saturated carbocycles. The molecule has 3 aromatic rings. The molecule has 0 aromatic heterocycles. The van der Waals surface area contributed by atoms with Crippen LogP contribution in [0.1, 0.15) is 25.8 Å². The lowest BCUT2D eigenvalue weighted by Gasteiger charge is -2.33. The van der Waals surface area contributed by atoms with Crippen molar-refractivity contribution in [3.8, 4) is 0 Å². The Kier molecular flexibility index (Phi) is 9.66. The molecule has 1 atom stereocenters. The normalized spacial score (nSPS) is 12.0. The highest BCUT2D eigenvalue weighted by Crippen LogP contribution is 2.25. The monoisotopic (exact) mass is 545 g/mol. The summed E-state index contributed by atoms with van der Waals surface area (Å²) in [6.07, 6.45) is 0.300. The molecule has 0 fully saturated rings. The van der Waals surface area contributed by atoms with E-state index >= 15 is 0 Å². The molecule has 196 valence electrons. The van der Waals surface area contributed by atoms with Crippen LogP contribution in [-0.2, 0) is 26.2 Å². The summed E-state index contributed by atoms with van der Waals surface area (Å²) in [5.41, 5.74) is 0.892. The van der Waals surface area contributed by atoms with Crippen molar-refractivity contribution in [3.05, 3.63) is 95.3 Å². The van der Waals surface area contributed by atoms with Gasteiger partial charge in [0.05, 0.1) is 10.6 Å². The Morgan fingerprint density at radius 1 is 0.946 bits per heavy atom. The fourth-order valence-corrected chi connectivity index (χ4v) is 5.39. The van der Waals surface area contributed by atoms with Crippen molar-refractivity contribution in [1.29, 1.82) is 0 Å². The zero-order chi connectivity index (χ0) is 27.0. The minimum atomic E-state index is -4.16. The van der Waals surface area contributed by atoms with Crippen molar-refractivity contribution in [2.75, 3.05) is 17.4 Å². The number of hydrogen-bond donors (Lipinski definition) is 1. The van der Waals surface area contributed by atoms with Crippen LogP contribution in [0, 0.1) is 5.82 Å². The lowest BCUT2D eigenvalue weighted by molar-refractivity contribution is -0.140. The molecule has 2 amide bonds. The van der Waals surface area contributed by atoms with Crippen LogP contribution < -0.4 is 9.62 Å². The minimum absolute atomic E-state index is 0.00161. The maximum absolute atomic E-state index is 13.8. The topological polar surface area (TPSA) is 86.8 Å². The van der Waals surface area contributed by atoms with Crippen LogP contribution in [0.2, 0.25) is 5.02 Å². The number of nitrogens with one attached hydrogen (secondary N) is 1. The first kappa shape index (κ1) is 28.1. The van der Waals surface area contributed by atoms with E-state index < -0.39 is 34.3 Å². The first-order chi connectivity index (χ1) is 17.7. The van der Waals surface area contributed by atoms with Gasteiger partial charge >= 0.3 is 0 Å². The quantitative estimate of drug-likeness (QED) is 0.381. The van der Waals surface area contributed by atoms with E-state index in [1.54, 1.807) is 44.2 Å². The molecule has 0 spiro atoms. The number of halogens is 2. The molecule has 0 aliphatic carbocycles. The van der Waals surface area contributed by atoms with E-state index in [0.717, 1.165) is 4.31 Å². The number of hydrogen-bond acceptors (Lipinski definition) is 4. The summed E-state index contributed by atoms with van der Waals surface area (Å²) in [5.74, 6) is -1.36. The number of sulfonamides is 1. The predicted molar refractivity (Wildman–Crippen MR) is 142 cm³/mol. The van der Waals surface area contributed by atoms with Crippen LogP contribution >= 0.6 is 11.6 Å². The Hall–Kier alpha value is -3.43. The average molecular weight is 546 g/mol. The fourth-order valence-electron chi connectivity index (χ4n) is 3.85. The summed E-state index contributed by atoms with van der Waals surface area (Å²) in [6.45, 7) is 3.36. The SMILES string of the molecule is CCNC(=O)[C@H](CC)N(Cc1ccc(F)cc1)C(=O)CN(c1ccccc1)S(=O)(=O)c1ccc(Cl)cc1. The molecule has 3 rings (SSSR count). The number of carbonyl (C=O) groups excluding carboxylic acids is 2. The third kappa shape index (κ3) is 7.08. The number of amides is 2. The van der Waals surface area contributed by atoms with E-state index in [0.29, 0.717) is 29.2 Å². The van der Waals surface area contributed by atoms with E-state index in [1.165, 1.54) is 53.4 Å². The molecule has 1 N–H and O–H groups in total. The molecule has 10 heteroatoms. The van der Waals surface area contributed by atoms with Crippen molar-refractivity contribution in [1.82, 2.24) is 10.2 Å². The number of carbonyl (C=O) groups is 2. The summed E-state index contributed by atoms with van der Waals surface area (Å²) in [5, 5.41) is 3.11. The molecule has 0 radical (unpaired) electrons. The van der Waals surface area contributed by atoms with Crippen LogP contribution in [0.25, 0.3) is 0 Å². The molecule has 0 aliphatic heterocycles. The van der Waals surface area contributed by atoms with Crippen LogP contribution in [-0.4, -0.2) is 44.3 Å². The second-order valence-corrected chi connectivity index (χ2v) is 10.6. The Morgan fingerprint density at radius 3 is 2.14 bits per heavy atom. The Labute approximate surface area is 221 Å². The largest absolute Gasteiger partial charge is 0.355 e. The van der Waals surface area contributed by atoms with Gasteiger partial charge in [-0.15, -0.1) is 0 Å². The second-order valence-electron chi connectivity index (χ2n) is 8.27. The van der Waals surface area contributed by atoms with Gasteiger partial charge in [0.25, 0.3) is 10.0 Å². The van der Waals surface area contributed by atoms with Gasteiger partial charge in [-0.1, -0.05) is 48.9 Å². The predicted octanol–water partition coefficient (Wildman–Crippen LogP) is 4.62. The number of benzene rings is 3. The number of anilines is 1. The molecule has 0 aliphatic rings. The van der Waals surface area contributed by atoms with Gasteiger partial charge in [-0.25, -0.2) is 12.8 Å². The Morgan fingerprint density at radius 2 is 1.57 bits per heavy atom. The highest BCUT2D eigenvalue weighted by Gasteiger charge is 2.33. The Balaban J connectivity index is 2.02. The van der Waals surface area contributed by atoms with Gasteiger partial charge in [-0.3, -0.25) is 13.9 Å². The van der Waals surface area contributed by atoms with E-state index in [2.05, 4.69) is 5.32 Å². The van der Waals surface area contributed by atoms with Crippen LogP contribution in [0.15, 0.2) is 83.8 Å². The smallest absolute Gasteiger partial charge is 0.264 e. The fraction of sp³-hybridized carbons (Fsp3) is 0.259. The highest BCUT2D eigenvalue weighted by atomic mass is 35.5. The Bertz CT molecular complexity index is 1300. The third-order valence-electron chi connectivity index (χ3n) is 5.73. The zero-order valence-corrected chi connectivity index (χ0v) is 22.2. The molecule has 7 nitrogen and oxygen atoms in total. The van der Waals surface area contributed by atoms with E-state index in [9.17, 15) is 22.4 Å². The molecule has 37 heavy (non-hydrogen) atoms. The van der Waals surface area contributed by atoms with Crippen LogP contribution in [0.3, 0.4) is 0 Å². The van der Waals surface area contributed by atoms with Crippen molar-refractivity contribution < 1.29 is 22.4 Å². The van der Waals surface area contributed by atoms with E-state index in [4.69, 9.17) is 11.6 Å². The lowest BCUT2D eigenvalue weighted by atomic mass is 10.1. The standard InChI is InChI=1S/C27H29ClFN3O4S/c1-3-25(27(34)30-4-2)31(18-20-10-14-22(29)15-11-20)26(33)19-32(23-8-6-5-7-9-23)37(35,36)24-16-12-21(28)13-17-24/h5-17,25H,3-4,18-19H2,1-2H3,(H,30,34)/t25-/m0/s1. The maximum Gasteiger partial charge on any atom is 0.264 e. The summed E-state index contributed by atoms with van der Waals surface area (Å²) < 4.78 is 41.8. The van der Waals surface area contributed by atoms with Crippen molar-refractivity contribution in [2.24, 2.45) is 0 Å². The third-order valence-corrected chi connectivity index (χ3v) is 7.77. The number of rotatable bonds is 11. The first-order valence-electron chi connectivity index (χ1n) is 11.8. The zero-order valence-electron chi connectivity index (χ0n) is 20.6. The first-order valence-corrected chi connectivity index (χ1v) is 13.6. The van der Waals surface area contributed by atoms with E-state index in [-0.39, 0.29) is 17.3 Å². The number of para-hydroxylation sites is 1. The van der Waals surface area contributed by atoms with Crippen molar-refractivity contribution >= 4 is 39.1 Å². The van der Waals surface area contributed by atoms with Crippen molar-refractivity contribution in [3.63, 3.8) is 0 Å². The molecule has 3 aromatic carbocycles. The van der Waals surface area contributed by atoms with Gasteiger partial charge in [-0.05, 0) is 67.4 Å². The molecule has 0 saturated heterocycles. The lowest BCUT2D eigenvalue weighted by Crippen LogP contribution is -2.52.